The molecule has 0 atom stereocenters. The minimum atomic E-state index is -0.194. The first kappa shape index (κ1) is 20.6. The Balaban J connectivity index is 1.67. The molecule has 1 N–H and O–H groups in total. The van der Waals surface area contributed by atoms with E-state index in [0.717, 1.165) is 13.1 Å². The molecule has 4 aromatic rings. The summed E-state index contributed by atoms with van der Waals surface area (Å²) in [7, 11) is 3.12. The van der Waals surface area contributed by atoms with Gasteiger partial charge in [-0.25, -0.2) is 4.98 Å². The lowest BCUT2D eigenvalue weighted by molar-refractivity contribution is 0.241. The lowest BCUT2D eigenvalue weighted by Crippen LogP contribution is -2.25. The molecule has 0 unspecified atom stereocenters. The summed E-state index contributed by atoms with van der Waals surface area (Å²) in [5, 5.41) is 0.471. The second kappa shape index (κ2) is 9.45. The molecule has 0 bridgehead atoms. The highest BCUT2D eigenvalue weighted by molar-refractivity contribution is 5.81. The molecule has 4 rings (SSSR count). The number of hydrogen-bond acceptors (Lipinski definition) is 5. The maximum atomic E-state index is 12.8. The zero-order valence-electron chi connectivity index (χ0n) is 17.7. The molecule has 3 aromatic carbocycles. The fourth-order valence-corrected chi connectivity index (χ4v) is 3.65. The van der Waals surface area contributed by atoms with Crippen LogP contribution in [0.1, 0.15) is 17.0 Å². The van der Waals surface area contributed by atoms with Gasteiger partial charge in [0, 0.05) is 19.2 Å². The number of benzene rings is 3. The highest BCUT2D eigenvalue weighted by Crippen LogP contribution is 2.30. The maximum Gasteiger partial charge on any atom is 0.258 e. The van der Waals surface area contributed by atoms with E-state index in [9.17, 15) is 4.79 Å². The Bertz CT molecular complexity index is 1170. The molecule has 0 spiro atoms. The number of nitrogens with zero attached hydrogens (tertiary/aromatic N) is 2. The Kier molecular flexibility index (Phi) is 6.29. The zero-order valence-corrected chi connectivity index (χ0v) is 17.7. The molecule has 6 heteroatoms. The van der Waals surface area contributed by atoms with E-state index in [2.05, 4.69) is 34.1 Å². The molecule has 0 amide bonds. The fraction of sp³-hybridized carbons (Fsp3) is 0.200. The monoisotopic (exact) mass is 415 g/mol. The van der Waals surface area contributed by atoms with Crippen molar-refractivity contribution in [1.29, 1.82) is 0 Å². The number of ether oxygens (including phenoxy) is 2. The Hall–Kier alpha value is -3.64. The molecule has 1 heterocycles. The van der Waals surface area contributed by atoms with Gasteiger partial charge in [0.05, 0.1) is 31.7 Å². The molecule has 0 radical (unpaired) electrons. The predicted molar refractivity (Wildman–Crippen MR) is 121 cm³/mol. The normalized spacial score (nSPS) is 11.1. The quantitative estimate of drug-likeness (QED) is 0.468. The van der Waals surface area contributed by atoms with Gasteiger partial charge in [-0.2, -0.15) is 0 Å². The van der Waals surface area contributed by atoms with Gasteiger partial charge < -0.3 is 14.5 Å². The first-order chi connectivity index (χ1) is 15.2. The molecular weight excluding hydrogens is 390 g/mol. The van der Waals surface area contributed by atoms with E-state index in [1.807, 2.05) is 36.4 Å². The lowest BCUT2D eigenvalue weighted by atomic mass is 10.1. The summed E-state index contributed by atoms with van der Waals surface area (Å²) < 4.78 is 10.7. The number of aromatic nitrogens is 2. The Morgan fingerprint density at radius 3 is 1.90 bits per heavy atom. The number of aromatic amines is 1. The van der Waals surface area contributed by atoms with Gasteiger partial charge in [0.25, 0.3) is 5.56 Å². The SMILES string of the molecule is COc1cc2nc(CN(Cc3ccccc3)Cc3ccccc3)[nH]c(=O)c2cc1OC. The van der Waals surface area contributed by atoms with Crippen molar-refractivity contribution in [2.24, 2.45) is 0 Å². The number of H-pyrrole nitrogens is 1. The van der Waals surface area contributed by atoms with Crippen LogP contribution in [0.25, 0.3) is 10.9 Å². The first-order valence-electron chi connectivity index (χ1n) is 10.1. The molecule has 31 heavy (non-hydrogen) atoms. The molecule has 1 aromatic heterocycles. The molecule has 0 fully saturated rings. The summed E-state index contributed by atoms with van der Waals surface area (Å²) in [6, 6.07) is 24.0. The summed E-state index contributed by atoms with van der Waals surface area (Å²) in [5.74, 6) is 1.66. The summed E-state index contributed by atoms with van der Waals surface area (Å²) in [6.45, 7) is 1.98. The van der Waals surface area contributed by atoms with Gasteiger partial charge in [0.1, 0.15) is 5.82 Å². The highest BCUT2D eigenvalue weighted by Gasteiger charge is 2.14. The van der Waals surface area contributed by atoms with Crippen molar-refractivity contribution in [1.82, 2.24) is 14.9 Å². The number of hydrogen-bond donors (Lipinski definition) is 1. The first-order valence-corrected chi connectivity index (χ1v) is 10.1. The summed E-state index contributed by atoms with van der Waals surface area (Å²) in [5.41, 5.74) is 2.79. The average molecular weight is 415 g/mol. The minimum Gasteiger partial charge on any atom is -0.493 e. The van der Waals surface area contributed by atoms with Crippen LogP contribution in [0.2, 0.25) is 0 Å². The van der Waals surface area contributed by atoms with Crippen LogP contribution in [0.5, 0.6) is 11.5 Å². The average Bonchev–Trinajstić information content (AvgIpc) is 2.79. The van der Waals surface area contributed by atoms with Crippen molar-refractivity contribution in [3.63, 3.8) is 0 Å². The Morgan fingerprint density at radius 2 is 1.35 bits per heavy atom. The van der Waals surface area contributed by atoms with Gasteiger partial charge in [-0.05, 0) is 17.2 Å². The van der Waals surface area contributed by atoms with Gasteiger partial charge in [-0.3, -0.25) is 9.69 Å². The molecule has 0 aliphatic heterocycles. The van der Waals surface area contributed by atoms with Crippen molar-refractivity contribution in [2.75, 3.05) is 14.2 Å². The Labute approximate surface area is 181 Å². The van der Waals surface area contributed by atoms with Gasteiger partial charge >= 0.3 is 0 Å². The zero-order chi connectivity index (χ0) is 21.6. The van der Waals surface area contributed by atoms with Crippen molar-refractivity contribution >= 4 is 10.9 Å². The van der Waals surface area contributed by atoms with E-state index < -0.39 is 0 Å². The van der Waals surface area contributed by atoms with E-state index >= 15 is 0 Å². The smallest absolute Gasteiger partial charge is 0.258 e. The molecule has 0 saturated heterocycles. The molecule has 6 nitrogen and oxygen atoms in total. The van der Waals surface area contributed by atoms with E-state index in [1.54, 1.807) is 26.4 Å². The van der Waals surface area contributed by atoms with Gasteiger partial charge in [0.2, 0.25) is 0 Å². The molecule has 0 saturated carbocycles. The van der Waals surface area contributed by atoms with Crippen LogP contribution >= 0.6 is 0 Å². The summed E-state index contributed by atoms with van der Waals surface area (Å²) in [4.78, 5) is 22.7. The molecule has 158 valence electrons. The van der Waals surface area contributed by atoms with Crippen LogP contribution in [-0.4, -0.2) is 29.1 Å². The van der Waals surface area contributed by atoms with Crippen molar-refractivity contribution < 1.29 is 9.47 Å². The van der Waals surface area contributed by atoms with E-state index in [4.69, 9.17) is 14.5 Å². The minimum absolute atomic E-state index is 0.194. The number of fused-ring (bicyclic) bond motifs is 1. The predicted octanol–water partition coefficient (Wildman–Crippen LogP) is 4.14. The highest BCUT2D eigenvalue weighted by atomic mass is 16.5. The van der Waals surface area contributed by atoms with Gasteiger partial charge in [-0.1, -0.05) is 60.7 Å². The number of methoxy groups -OCH3 is 2. The van der Waals surface area contributed by atoms with Crippen LogP contribution < -0.4 is 15.0 Å². The number of nitrogens with one attached hydrogen (secondary N) is 1. The second-order valence-electron chi connectivity index (χ2n) is 7.35. The van der Waals surface area contributed by atoms with E-state index in [0.29, 0.717) is 34.8 Å². The largest absolute Gasteiger partial charge is 0.493 e. The third kappa shape index (κ3) is 4.92. The van der Waals surface area contributed by atoms with Crippen molar-refractivity contribution in [3.05, 3.63) is 100 Å². The number of rotatable bonds is 8. The van der Waals surface area contributed by atoms with Crippen molar-refractivity contribution in [2.45, 2.75) is 19.6 Å². The Morgan fingerprint density at radius 1 is 0.806 bits per heavy atom. The molecule has 0 aliphatic carbocycles. The fourth-order valence-electron chi connectivity index (χ4n) is 3.65. The third-order valence-electron chi connectivity index (χ3n) is 5.13. The van der Waals surface area contributed by atoms with E-state index in [1.165, 1.54) is 11.1 Å². The van der Waals surface area contributed by atoms with E-state index in [-0.39, 0.29) is 5.56 Å². The maximum absolute atomic E-state index is 12.8. The second-order valence-corrected chi connectivity index (χ2v) is 7.35. The van der Waals surface area contributed by atoms with Crippen molar-refractivity contribution in [3.8, 4) is 11.5 Å². The topological polar surface area (TPSA) is 67.5 Å². The summed E-state index contributed by atoms with van der Waals surface area (Å²) >= 11 is 0. The van der Waals surface area contributed by atoms with Crippen LogP contribution in [-0.2, 0) is 19.6 Å². The summed E-state index contributed by atoms with van der Waals surface area (Å²) in [6.07, 6.45) is 0. The van der Waals surface area contributed by atoms with Crippen LogP contribution in [0.15, 0.2) is 77.6 Å². The molecule has 0 aliphatic rings. The van der Waals surface area contributed by atoms with Crippen LogP contribution in [0.3, 0.4) is 0 Å². The van der Waals surface area contributed by atoms with Gasteiger partial charge in [-0.15, -0.1) is 0 Å². The lowest BCUT2D eigenvalue weighted by Gasteiger charge is -2.22. The van der Waals surface area contributed by atoms with Crippen LogP contribution in [0.4, 0.5) is 0 Å². The third-order valence-corrected chi connectivity index (χ3v) is 5.13. The molecular formula is C25H25N3O3. The standard InChI is InChI=1S/C25H25N3O3/c1-30-22-13-20-21(14-23(22)31-2)26-24(27-25(20)29)17-28(15-18-9-5-3-6-10-18)16-19-11-7-4-8-12-19/h3-14H,15-17H2,1-2H3,(H,26,27,29). The van der Waals surface area contributed by atoms with Crippen LogP contribution in [0, 0.1) is 0 Å². The van der Waals surface area contributed by atoms with Gasteiger partial charge in [0.15, 0.2) is 11.5 Å².